The van der Waals surface area contributed by atoms with Crippen LogP contribution in [-0.4, -0.2) is 28.1 Å². The van der Waals surface area contributed by atoms with E-state index in [0.29, 0.717) is 5.56 Å². The standard InChI is InChI=1S/C20H16F2N4O2/c21-17-8-7-15(10-18(17)22)25-20(28)12-23-19(27)9-6-14-11-24-26(13-14)16-4-2-1-3-5-16/h1-11,13H,12H2,(H,23,27)(H,25,28). The van der Waals surface area contributed by atoms with Gasteiger partial charge in [0.1, 0.15) is 0 Å². The molecule has 2 aromatic carbocycles. The molecule has 1 heterocycles. The normalized spacial score (nSPS) is 10.8. The zero-order valence-electron chi connectivity index (χ0n) is 14.6. The van der Waals surface area contributed by atoms with E-state index in [9.17, 15) is 18.4 Å². The minimum atomic E-state index is -1.07. The molecule has 0 aliphatic carbocycles. The molecule has 0 fully saturated rings. The number of rotatable bonds is 6. The fourth-order valence-corrected chi connectivity index (χ4v) is 2.32. The smallest absolute Gasteiger partial charge is 0.244 e. The van der Waals surface area contributed by atoms with Crippen molar-refractivity contribution in [3.05, 3.63) is 84.2 Å². The van der Waals surface area contributed by atoms with Crippen molar-refractivity contribution >= 4 is 23.6 Å². The zero-order chi connectivity index (χ0) is 19.9. The fourth-order valence-electron chi connectivity index (χ4n) is 2.32. The highest BCUT2D eigenvalue weighted by atomic mass is 19.2. The van der Waals surface area contributed by atoms with Gasteiger partial charge in [0.15, 0.2) is 11.6 Å². The molecule has 6 nitrogen and oxygen atoms in total. The van der Waals surface area contributed by atoms with Gasteiger partial charge in [-0.3, -0.25) is 9.59 Å². The van der Waals surface area contributed by atoms with Gasteiger partial charge in [0.05, 0.1) is 18.4 Å². The Kier molecular flexibility index (Phi) is 5.91. The van der Waals surface area contributed by atoms with Crippen LogP contribution in [-0.2, 0) is 9.59 Å². The second kappa shape index (κ2) is 8.72. The number of anilines is 1. The predicted molar refractivity (Wildman–Crippen MR) is 101 cm³/mol. The van der Waals surface area contributed by atoms with Crippen molar-refractivity contribution in [3.8, 4) is 5.69 Å². The molecule has 0 unspecified atom stereocenters. The zero-order valence-corrected chi connectivity index (χ0v) is 14.6. The van der Waals surface area contributed by atoms with Gasteiger partial charge in [-0.1, -0.05) is 18.2 Å². The molecule has 2 N–H and O–H groups in total. The number of halogens is 2. The van der Waals surface area contributed by atoms with Gasteiger partial charge in [0.2, 0.25) is 11.8 Å². The Morgan fingerprint density at radius 3 is 2.61 bits per heavy atom. The minimum Gasteiger partial charge on any atom is -0.343 e. The van der Waals surface area contributed by atoms with Gasteiger partial charge in [0.25, 0.3) is 0 Å². The Hall–Kier alpha value is -3.81. The van der Waals surface area contributed by atoms with Crippen LogP contribution in [0, 0.1) is 11.6 Å². The second-order valence-electron chi connectivity index (χ2n) is 5.78. The number of hydrogen-bond donors (Lipinski definition) is 2. The van der Waals surface area contributed by atoms with E-state index in [-0.39, 0.29) is 12.2 Å². The maximum atomic E-state index is 13.1. The highest BCUT2D eigenvalue weighted by Gasteiger charge is 2.07. The Balaban J connectivity index is 1.49. The summed E-state index contributed by atoms with van der Waals surface area (Å²) in [6.07, 6.45) is 6.20. The van der Waals surface area contributed by atoms with E-state index in [0.717, 1.165) is 17.8 Å². The number of benzene rings is 2. The Morgan fingerprint density at radius 2 is 1.86 bits per heavy atom. The lowest BCUT2D eigenvalue weighted by molar-refractivity contribution is -0.121. The number of para-hydroxylation sites is 1. The first-order valence-corrected chi connectivity index (χ1v) is 8.32. The van der Waals surface area contributed by atoms with Crippen LogP contribution in [0.4, 0.5) is 14.5 Å². The lowest BCUT2D eigenvalue weighted by Crippen LogP contribution is -2.31. The van der Waals surface area contributed by atoms with Gasteiger partial charge in [-0.2, -0.15) is 5.10 Å². The van der Waals surface area contributed by atoms with E-state index in [1.807, 2.05) is 30.3 Å². The van der Waals surface area contributed by atoms with Gasteiger partial charge < -0.3 is 10.6 Å². The Bertz CT molecular complexity index is 1020. The molecule has 1 aromatic heterocycles. The van der Waals surface area contributed by atoms with Crippen molar-refractivity contribution < 1.29 is 18.4 Å². The van der Waals surface area contributed by atoms with Crippen LogP contribution in [0.15, 0.2) is 67.0 Å². The summed E-state index contributed by atoms with van der Waals surface area (Å²) in [5.41, 5.74) is 1.70. The van der Waals surface area contributed by atoms with Crippen molar-refractivity contribution in [2.45, 2.75) is 0 Å². The average molecular weight is 382 g/mol. The molecule has 3 aromatic rings. The summed E-state index contributed by atoms with van der Waals surface area (Å²) >= 11 is 0. The molecule has 0 spiro atoms. The summed E-state index contributed by atoms with van der Waals surface area (Å²) in [4.78, 5) is 23.6. The highest BCUT2D eigenvalue weighted by molar-refractivity contribution is 5.97. The number of hydrogen-bond acceptors (Lipinski definition) is 3. The average Bonchev–Trinajstić information content (AvgIpc) is 3.17. The second-order valence-corrected chi connectivity index (χ2v) is 5.78. The quantitative estimate of drug-likeness (QED) is 0.644. The molecule has 0 bridgehead atoms. The van der Waals surface area contributed by atoms with Crippen LogP contribution in [0.25, 0.3) is 11.8 Å². The third-order valence-electron chi connectivity index (χ3n) is 3.68. The maximum Gasteiger partial charge on any atom is 0.244 e. The molecule has 0 saturated heterocycles. The molecule has 0 saturated carbocycles. The van der Waals surface area contributed by atoms with Crippen molar-refractivity contribution in [1.29, 1.82) is 0 Å². The third-order valence-corrected chi connectivity index (χ3v) is 3.68. The fraction of sp³-hybridized carbons (Fsp3) is 0.0500. The van der Waals surface area contributed by atoms with E-state index in [2.05, 4.69) is 15.7 Å². The summed E-state index contributed by atoms with van der Waals surface area (Å²) in [6.45, 7) is -0.314. The highest BCUT2D eigenvalue weighted by Crippen LogP contribution is 2.12. The van der Waals surface area contributed by atoms with E-state index < -0.39 is 23.4 Å². The van der Waals surface area contributed by atoms with Crippen molar-refractivity contribution in [1.82, 2.24) is 15.1 Å². The molecule has 8 heteroatoms. The van der Waals surface area contributed by atoms with Crippen molar-refractivity contribution in [2.75, 3.05) is 11.9 Å². The number of aromatic nitrogens is 2. The van der Waals surface area contributed by atoms with Crippen LogP contribution in [0.2, 0.25) is 0 Å². The Morgan fingerprint density at radius 1 is 1.07 bits per heavy atom. The van der Waals surface area contributed by atoms with Gasteiger partial charge in [-0.25, -0.2) is 13.5 Å². The summed E-state index contributed by atoms with van der Waals surface area (Å²) in [5, 5.41) is 8.98. The molecule has 0 aliphatic heterocycles. The number of nitrogens with zero attached hydrogens (tertiary/aromatic N) is 2. The number of nitrogens with one attached hydrogen (secondary N) is 2. The number of carbonyl (C=O) groups is 2. The number of amides is 2. The van der Waals surface area contributed by atoms with Gasteiger partial charge in [-0.15, -0.1) is 0 Å². The van der Waals surface area contributed by atoms with E-state index in [4.69, 9.17) is 0 Å². The van der Waals surface area contributed by atoms with E-state index >= 15 is 0 Å². The SMILES string of the molecule is O=C(C=Cc1cnn(-c2ccccc2)c1)NCC(=O)Nc1ccc(F)c(F)c1. The van der Waals surface area contributed by atoms with Crippen molar-refractivity contribution in [2.24, 2.45) is 0 Å². The Labute approximate surface area is 159 Å². The molecule has 0 radical (unpaired) electrons. The predicted octanol–water partition coefficient (Wildman–Crippen LogP) is 2.92. The van der Waals surface area contributed by atoms with E-state index in [1.165, 1.54) is 12.1 Å². The van der Waals surface area contributed by atoms with Crippen molar-refractivity contribution in [3.63, 3.8) is 0 Å². The van der Waals surface area contributed by atoms with Crippen LogP contribution < -0.4 is 10.6 Å². The first-order chi connectivity index (χ1) is 13.5. The molecule has 3 rings (SSSR count). The molecule has 0 atom stereocenters. The minimum absolute atomic E-state index is 0.0991. The largest absolute Gasteiger partial charge is 0.343 e. The maximum absolute atomic E-state index is 13.1. The van der Waals surface area contributed by atoms with Crippen LogP contribution in [0.5, 0.6) is 0 Å². The molecule has 28 heavy (non-hydrogen) atoms. The summed E-state index contributed by atoms with van der Waals surface area (Å²) in [5.74, 6) is -3.12. The van der Waals surface area contributed by atoms with Gasteiger partial charge in [0, 0.05) is 29.6 Å². The topological polar surface area (TPSA) is 76.0 Å². The van der Waals surface area contributed by atoms with Crippen LogP contribution >= 0.6 is 0 Å². The summed E-state index contributed by atoms with van der Waals surface area (Å²) in [6, 6.07) is 12.5. The summed E-state index contributed by atoms with van der Waals surface area (Å²) in [7, 11) is 0. The molecule has 0 aliphatic rings. The third kappa shape index (κ3) is 5.10. The lowest BCUT2D eigenvalue weighted by Gasteiger charge is -2.06. The molecule has 2 amide bonds. The monoisotopic (exact) mass is 382 g/mol. The first-order valence-electron chi connectivity index (χ1n) is 8.32. The van der Waals surface area contributed by atoms with Crippen LogP contribution in [0.3, 0.4) is 0 Å². The molecule has 142 valence electrons. The molecular weight excluding hydrogens is 366 g/mol. The lowest BCUT2D eigenvalue weighted by atomic mass is 10.3. The van der Waals surface area contributed by atoms with E-state index in [1.54, 1.807) is 23.2 Å². The van der Waals surface area contributed by atoms with Crippen LogP contribution in [0.1, 0.15) is 5.56 Å². The number of carbonyl (C=O) groups excluding carboxylic acids is 2. The van der Waals surface area contributed by atoms with Gasteiger partial charge >= 0.3 is 0 Å². The summed E-state index contributed by atoms with van der Waals surface area (Å²) < 4.78 is 27.6. The van der Waals surface area contributed by atoms with Gasteiger partial charge in [-0.05, 0) is 30.3 Å². The molecular formula is C20H16F2N4O2. The first kappa shape index (κ1) is 19.0.